The van der Waals surface area contributed by atoms with Crippen molar-refractivity contribution in [1.82, 2.24) is 14.7 Å². The number of amides is 1. The number of benzene rings is 2. The van der Waals surface area contributed by atoms with Crippen molar-refractivity contribution in [3.63, 3.8) is 0 Å². The highest BCUT2D eigenvalue weighted by atomic mass is 16.5. The molecule has 8 nitrogen and oxygen atoms in total. The van der Waals surface area contributed by atoms with Gasteiger partial charge in [0.15, 0.2) is 0 Å². The van der Waals surface area contributed by atoms with Gasteiger partial charge in [-0.3, -0.25) is 9.69 Å². The summed E-state index contributed by atoms with van der Waals surface area (Å²) in [5.74, 6) is 0.994. The van der Waals surface area contributed by atoms with Gasteiger partial charge in [0, 0.05) is 18.7 Å². The number of primary amides is 1. The topological polar surface area (TPSA) is 120 Å². The maximum absolute atomic E-state index is 12.2. The first-order valence-corrected chi connectivity index (χ1v) is 10.5. The van der Waals surface area contributed by atoms with Crippen LogP contribution in [0.1, 0.15) is 29.2 Å². The van der Waals surface area contributed by atoms with Gasteiger partial charge in [-0.1, -0.05) is 24.8 Å². The maximum Gasteiger partial charge on any atom is 0.254 e. The quantitative estimate of drug-likeness (QED) is 0.492. The lowest BCUT2D eigenvalue weighted by Gasteiger charge is -2.35. The zero-order valence-corrected chi connectivity index (χ0v) is 17.7. The molecule has 0 aliphatic carbocycles. The number of carbonyl (C=O) groups excluding carboxylic acids is 1. The van der Waals surface area contributed by atoms with Gasteiger partial charge in [0.2, 0.25) is 0 Å². The Morgan fingerprint density at radius 3 is 2.53 bits per heavy atom. The SMILES string of the molecule is C=CC(O)N1CCC[C@@H](n2nc(-c3ccc(Oc4ccccc4)cc3)c(C(N)=O)c2N)C1. The maximum atomic E-state index is 12.2. The van der Waals surface area contributed by atoms with Crippen LogP contribution in [0.3, 0.4) is 0 Å². The van der Waals surface area contributed by atoms with Crippen molar-refractivity contribution in [3.8, 4) is 22.8 Å². The molecule has 5 N–H and O–H groups in total. The fraction of sp³-hybridized carbons (Fsp3) is 0.250. The van der Waals surface area contributed by atoms with Gasteiger partial charge >= 0.3 is 0 Å². The van der Waals surface area contributed by atoms with Gasteiger partial charge in [-0.05, 0) is 55.3 Å². The lowest BCUT2D eigenvalue weighted by atomic mass is 10.0. The van der Waals surface area contributed by atoms with E-state index in [0.29, 0.717) is 23.6 Å². The second kappa shape index (κ2) is 9.25. The van der Waals surface area contributed by atoms with Gasteiger partial charge < -0.3 is 21.3 Å². The molecule has 1 aromatic heterocycles. The summed E-state index contributed by atoms with van der Waals surface area (Å²) in [5.41, 5.74) is 13.3. The minimum absolute atomic E-state index is 0.0918. The predicted molar refractivity (Wildman–Crippen MR) is 123 cm³/mol. The first kappa shape index (κ1) is 21.6. The Morgan fingerprint density at radius 1 is 1.19 bits per heavy atom. The van der Waals surface area contributed by atoms with Crippen molar-refractivity contribution in [3.05, 3.63) is 72.8 Å². The van der Waals surface area contributed by atoms with E-state index in [1.807, 2.05) is 59.5 Å². The molecule has 1 fully saturated rings. The summed E-state index contributed by atoms with van der Waals surface area (Å²) in [4.78, 5) is 14.1. The first-order chi connectivity index (χ1) is 15.5. The fourth-order valence-electron chi connectivity index (χ4n) is 4.05. The van der Waals surface area contributed by atoms with E-state index in [1.54, 1.807) is 4.68 Å². The molecule has 1 saturated heterocycles. The zero-order chi connectivity index (χ0) is 22.7. The third-order valence-electron chi connectivity index (χ3n) is 5.66. The number of aromatic nitrogens is 2. The molecule has 1 aliphatic rings. The van der Waals surface area contributed by atoms with Gasteiger partial charge in [0.25, 0.3) is 5.91 Å². The van der Waals surface area contributed by atoms with Crippen molar-refractivity contribution < 1.29 is 14.6 Å². The second-order valence-electron chi connectivity index (χ2n) is 7.80. The highest BCUT2D eigenvalue weighted by molar-refractivity contribution is 6.03. The summed E-state index contributed by atoms with van der Waals surface area (Å²) in [6.07, 6.45) is 2.45. The molecule has 166 valence electrons. The number of nitrogen functional groups attached to an aromatic ring is 1. The average Bonchev–Trinajstić information content (AvgIpc) is 3.17. The van der Waals surface area contributed by atoms with Crippen molar-refractivity contribution in [2.24, 2.45) is 5.73 Å². The van der Waals surface area contributed by atoms with E-state index in [4.69, 9.17) is 16.2 Å². The number of aliphatic hydroxyl groups is 1. The Kier molecular flexibility index (Phi) is 6.25. The van der Waals surface area contributed by atoms with Crippen molar-refractivity contribution >= 4 is 11.7 Å². The molecule has 2 heterocycles. The fourth-order valence-corrected chi connectivity index (χ4v) is 4.05. The molecule has 1 aliphatic heterocycles. The molecule has 0 radical (unpaired) electrons. The molecule has 1 amide bonds. The number of rotatable bonds is 7. The molecule has 2 aromatic carbocycles. The number of hydrogen-bond acceptors (Lipinski definition) is 6. The van der Waals surface area contributed by atoms with E-state index in [0.717, 1.165) is 25.1 Å². The first-order valence-electron chi connectivity index (χ1n) is 10.5. The van der Waals surface area contributed by atoms with Gasteiger partial charge in [-0.15, -0.1) is 0 Å². The van der Waals surface area contributed by atoms with Crippen LogP contribution in [0.2, 0.25) is 0 Å². The average molecular weight is 434 g/mol. The smallest absolute Gasteiger partial charge is 0.254 e. The molecule has 0 spiro atoms. The van der Waals surface area contributed by atoms with Crippen LogP contribution in [0.15, 0.2) is 67.3 Å². The normalized spacial score (nSPS) is 17.6. The van der Waals surface area contributed by atoms with Crippen molar-refractivity contribution in [2.75, 3.05) is 18.8 Å². The summed E-state index contributed by atoms with van der Waals surface area (Å²) >= 11 is 0. The molecule has 32 heavy (non-hydrogen) atoms. The summed E-state index contributed by atoms with van der Waals surface area (Å²) in [6, 6.07) is 16.7. The van der Waals surface area contributed by atoms with Crippen LogP contribution in [0, 0.1) is 0 Å². The van der Waals surface area contributed by atoms with Crippen LogP contribution in [0.5, 0.6) is 11.5 Å². The Balaban J connectivity index is 1.63. The van der Waals surface area contributed by atoms with E-state index in [1.165, 1.54) is 6.08 Å². The third-order valence-corrected chi connectivity index (χ3v) is 5.66. The molecule has 3 aromatic rings. The summed E-state index contributed by atoms with van der Waals surface area (Å²) < 4.78 is 7.50. The third kappa shape index (κ3) is 4.37. The number of hydrogen-bond donors (Lipinski definition) is 3. The van der Waals surface area contributed by atoms with Gasteiger partial charge in [0.05, 0.1) is 6.04 Å². The van der Waals surface area contributed by atoms with E-state index < -0.39 is 12.1 Å². The van der Waals surface area contributed by atoms with Crippen molar-refractivity contribution in [2.45, 2.75) is 25.1 Å². The minimum atomic E-state index is -0.734. The van der Waals surface area contributed by atoms with Crippen LogP contribution >= 0.6 is 0 Å². The largest absolute Gasteiger partial charge is 0.457 e. The molecule has 0 saturated carbocycles. The zero-order valence-electron chi connectivity index (χ0n) is 17.7. The number of para-hydroxylation sites is 1. The predicted octanol–water partition coefficient (Wildman–Crippen LogP) is 3.16. The van der Waals surface area contributed by atoms with Crippen molar-refractivity contribution in [1.29, 1.82) is 0 Å². The number of aliphatic hydroxyl groups excluding tert-OH is 1. The van der Waals surface area contributed by atoms with Crippen LogP contribution in [-0.2, 0) is 0 Å². The Labute approximate surface area is 186 Å². The van der Waals surface area contributed by atoms with Crippen LogP contribution in [-0.4, -0.2) is 45.0 Å². The number of likely N-dealkylation sites (tertiary alicyclic amines) is 1. The van der Waals surface area contributed by atoms with Gasteiger partial charge in [-0.2, -0.15) is 5.10 Å². The molecule has 1 unspecified atom stereocenters. The Bertz CT molecular complexity index is 1090. The number of anilines is 1. The van der Waals surface area contributed by atoms with Crippen LogP contribution < -0.4 is 16.2 Å². The Hall–Kier alpha value is -3.62. The highest BCUT2D eigenvalue weighted by Gasteiger charge is 2.30. The Morgan fingerprint density at radius 2 is 1.88 bits per heavy atom. The van der Waals surface area contributed by atoms with E-state index in [-0.39, 0.29) is 17.4 Å². The monoisotopic (exact) mass is 433 g/mol. The second-order valence-corrected chi connectivity index (χ2v) is 7.80. The number of piperidine rings is 1. The summed E-state index contributed by atoms with van der Waals surface area (Å²) in [7, 11) is 0. The van der Waals surface area contributed by atoms with E-state index in [9.17, 15) is 9.90 Å². The number of carbonyl (C=O) groups is 1. The lowest BCUT2D eigenvalue weighted by Crippen LogP contribution is -2.42. The van der Waals surface area contributed by atoms with E-state index in [2.05, 4.69) is 11.7 Å². The summed E-state index contributed by atoms with van der Waals surface area (Å²) in [5, 5.41) is 14.8. The number of ether oxygens (including phenoxy) is 1. The molecular formula is C24H27N5O3. The molecule has 2 atom stereocenters. The molecule has 4 rings (SSSR count). The minimum Gasteiger partial charge on any atom is -0.457 e. The molecule has 8 heteroatoms. The van der Waals surface area contributed by atoms with Gasteiger partial charge in [0.1, 0.15) is 34.8 Å². The lowest BCUT2D eigenvalue weighted by molar-refractivity contribution is 0.0124. The highest BCUT2D eigenvalue weighted by Crippen LogP contribution is 2.33. The van der Waals surface area contributed by atoms with Crippen LogP contribution in [0.4, 0.5) is 5.82 Å². The molecular weight excluding hydrogens is 406 g/mol. The number of nitrogens with two attached hydrogens (primary N) is 2. The van der Waals surface area contributed by atoms with Crippen LogP contribution in [0.25, 0.3) is 11.3 Å². The molecule has 0 bridgehead atoms. The standard InChI is InChI=1S/C24H27N5O3/c1-2-20(30)28-14-6-7-17(15-28)29-23(25)21(24(26)31)22(27-29)16-10-12-19(13-11-16)32-18-8-4-3-5-9-18/h2-5,8-13,17,20,30H,1,6-7,14-15,25H2,(H2,26,31)/t17-,20?/m1/s1. The number of nitrogens with zero attached hydrogens (tertiary/aromatic N) is 3. The van der Waals surface area contributed by atoms with E-state index >= 15 is 0 Å². The summed E-state index contributed by atoms with van der Waals surface area (Å²) in [6.45, 7) is 4.95. The van der Waals surface area contributed by atoms with Gasteiger partial charge in [-0.25, -0.2) is 4.68 Å².